The minimum absolute atomic E-state index is 0.113. The Bertz CT molecular complexity index is 1120. The molecule has 1 aliphatic rings. The first-order valence-electron chi connectivity index (χ1n) is 11.4. The number of carbonyl (C=O) groups is 1. The highest BCUT2D eigenvalue weighted by atomic mass is 32.2. The summed E-state index contributed by atoms with van der Waals surface area (Å²) in [4.78, 5) is 17.2. The number of sulfone groups is 1. The summed E-state index contributed by atoms with van der Waals surface area (Å²) in [5.41, 5.74) is 2.86. The van der Waals surface area contributed by atoms with Crippen molar-refractivity contribution < 1.29 is 27.8 Å². The second-order valence-electron chi connectivity index (χ2n) is 8.63. The number of methoxy groups -OCH3 is 1. The van der Waals surface area contributed by atoms with Crippen LogP contribution in [0.1, 0.15) is 37.8 Å². The Morgan fingerprint density at radius 3 is 2.71 bits per heavy atom. The highest BCUT2D eigenvalue weighted by Gasteiger charge is 2.30. The van der Waals surface area contributed by atoms with E-state index < -0.39 is 15.9 Å². The molecule has 2 N–H and O–H groups in total. The van der Waals surface area contributed by atoms with Gasteiger partial charge in [-0.25, -0.2) is 18.2 Å². The maximum absolute atomic E-state index is 11.5. The van der Waals surface area contributed by atoms with Gasteiger partial charge in [0, 0.05) is 49.6 Å². The molecule has 0 aliphatic carbocycles. The lowest BCUT2D eigenvalue weighted by Gasteiger charge is -2.36. The number of aromatic nitrogens is 1. The molecule has 0 saturated carbocycles. The summed E-state index contributed by atoms with van der Waals surface area (Å²) in [5.74, 6) is 1.64. The number of anilines is 2. The quantitative estimate of drug-likeness (QED) is 0.542. The van der Waals surface area contributed by atoms with E-state index in [0.717, 1.165) is 23.2 Å². The second kappa shape index (κ2) is 10.9. The maximum atomic E-state index is 11.5. The van der Waals surface area contributed by atoms with Crippen molar-refractivity contribution in [1.82, 2.24) is 9.88 Å². The molecule has 1 amide bonds. The summed E-state index contributed by atoms with van der Waals surface area (Å²) >= 11 is 0. The second-order valence-corrected chi connectivity index (χ2v) is 10.9. The number of benzene rings is 1. The summed E-state index contributed by atoms with van der Waals surface area (Å²) in [5, 5.41) is 12.6. The summed E-state index contributed by atoms with van der Waals surface area (Å²) in [7, 11) is -1.47. The van der Waals surface area contributed by atoms with Crippen molar-refractivity contribution in [2.45, 2.75) is 51.7 Å². The van der Waals surface area contributed by atoms with Gasteiger partial charge in [-0.1, -0.05) is 19.1 Å². The van der Waals surface area contributed by atoms with Crippen molar-refractivity contribution in [3.8, 4) is 11.5 Å². The van der Waals surface area contributed by atoms with Crippen LogP contribution in [0.4, 0.5) is 16.3 Å². The molecular formula is C24H33N3O6S. The molecule has 1 aliphatic heterocycles. The van der Waals surface area contributed by atoms with Crippen LogP contribution >= 0.6 is 0 Å². The van der Waals surface area contributed by atoms with Gasteiger partial charge in [-0.05, 0) is 37.0 Å². The number of hydrogen-bond acceptors (Lipinski definition) is 7. The van der Waals surface area contributed by atoms with Crippen LogP contribution in [-0.2, 0) is 22.7 Å². The molecule has 1 saturated heterocycles. The third-order valence-corrected chi connectivity index (χ3v) is 6.95. The third-order valence-electron chi connectivity index (χ3n) is 6.01. The van der Waals surface area contributed by atoms with E-state index in [1.807, 2.05) is 32.0 Å². The van der Waals surface area contributed by atoms with Gasteiger partial charge in [0.15, 0.2) is 11.6 Å². The van der Waals surface area contributed by atoms with Crippen LogP contribution in [0, 0.1) is 0 Å². The minimum Gasteiger partial charge on any atom is -0.490 e. The molecule has 1 fully saturated rings. The zero-order chi connectivity index (χ0) is 24.9. The SMILES string of the molecule is CCc1cc(CCS(C)(=O)=O)ccc1Nc1nccc(OC2CCN(C(=O)O)C(C)C2)c1OC. The van der Waals surface area contributed by atoms with E-state index in [2.05, 4.69) is 10.3 Å². The van der Waals surface area contributed by atoms with Crippen LogP contribution in [0.2, 0.25) is 0 Å². The fourth-order valence-electron chi connectivity index (χ4n) is 4.16. The molecule has 0 radical (unpaired) electrons. The smallest absolute Gasteiger partial charge is 0.407 e. The predicted octanol–water partition coefficient (Wildman–Crippen LogP) is 3.89. The van der Waals surface area contributed by atoms with Crippen LogP contribution in [0.5, 0.6) is 11.5 Å². The Balaban J connectivity index is 1.77. The third kappa shape index (κ3) is 6.53. The van der Waals surface area contributed by atoms with Crippen molar-refractivity contribution in [2.75, 3.05) is 31.0 Å². The molecule has 34 heavy (non-hydrogen) atoms. The normalized spacial score (nSPS) is 18.4. The van der Waals surface area contributed by atoms with Crippen molar-refractivity contribution >= 4 is 27.4 Å². The molecule has 1 aromatic heterocycles. The number of hydrogen-bond donors (Lipinski definition) is 2. The average Bonchev–Trinajstić information content (AvgIpc) is 2.78. The lowest BCUT2D eigenvalue weighted by atomic mass is 10.0. The zero-order valence-electron chi connectivity index (χ0n) is 20.1. The molecule has 2 atom stereocenters. The first-order valence-corrected chi connectivity index (χ1v) is 13.4. The Kier molecular flexibility index (Phi) is 8.24. The molecule has 0 bridgehead atoms. The number of pyridine rings is 1. The number of likely N-dealkylation sites (tertiary alicyclic amines) is 1. The zero-order valence-corrected chi connectivity index (χ0v) is 20.9. The number of nitrogens with zero attached hydrogens (tertiary/aromatic N) is 2. The van der Waals surface area contributed by atoms with Gasteiger partial charge < -0.3 is 24.8 Å². The molecule has 9 nitrogen and oxygen atoms in total. The van der Waals surface area contributed by atoms with E-state index in [1.54, 1.807) is 19.4 Å². The Hall–Kier alpha value is -3.01. The Labute approximate surface area is 201 Å². The van der Waals surface area contributed by atoms with Gasteiger partial charge in [0.25, 0.3) is 0 Å². The number of nitrogens with one attached hydrogen (secondary N) is 1. The molecular weight excluding hydrogens is 458 g/mol. The number of amides is 1. The first-order chi connectivity index (χ1) is 16.1. The summed E-state index contributed by atoms with van der Waals surface area (Å²) in [6.45, 7) is 4.34. The van der Waals surface area contributed by atoms with E-state index in [0.29, 0.717) is 43.1 Å². The number of carboxylic acid groups (broad SMARTS) is 1. The van der Waals surface area contributed by atoms with Crippen LogP contribution < -0.4 is 14.8 Å². The first kappa shape index (κ1) is 25.6. The van der Waals surface area contributed by atoms with Gasteiger partial charge in [-0.15, -0.1) is 0 Å². The predicted molar refractivity (Wildman–Crippen MR) is 131 cm³/mol. The van der Waals surface area contributed by atoms with Crippen molar-refractivity contribution in [3.05, 3.63) is 41.6 Å². The van der Waals surface area contributed by atoms with Crippen LogP contribution in [0.15, 0.2) is 30.5 Å². The summed E-state index contributed by atoms with van der Waals surface area (Å²) in [6.07, 6.45) is 4.26. The molecule has 0 spiro atoms. The number of ether oxygens (including phenoxy) is 2. The van der Waals surface area contributed by atoms with Gasteiger partial charge in [0.1, 0.15) is 15.9 Å². The summed E-state index contributed by atoms with van der Waals surface area (Å²) < 4.78 is 34.8. The maximum Gasteiger partial charge on any atom is 0.407 e. The van der Waals surface area contributed by atoms with Gasteiger partial charge >= 0.3 is 6.09 Å². The summed E-state index contributed by atoms with van der Waals surface area (Å²) in [6, 6.07) is 7.46. The number of piperidine rings is 1. The van der Waals surface area contributed by atoms with Crippen molar-refractivity contribution in [2.24, 2.45) is 0 Å². The Morgan fingerprint density at radius 1 is 1.32 bits per heavy atom. The van der Waals surface area contributed by atoms with Crippen molar-refractivity contribution in [3.63, 3.8) is 0 Å². The minimum atomic E-state index is -3.03. The van der Waals surface area contributed by atoms with E-state index in [4.69, 9.17) is 9.47 Å². The topological polar surface area (TPSA) is 118 Å². The Morgan fingerprint density at radius 2 is 2.09 bits per heavy atom. The molecule has 186 valence electrons. The van der Waals surface area contributed by atoms with Gasteiger partial charge in [0.2, 0.25) is 5.75 Å². The van der Waals surface area contributed by atoms with Crippen molar-refractivity contribution in [1.29, 1.82) is 0 Å². The lowest BCUT2D eigenvalue weighted by molar-refractivity contribution is 0.0592. The largest absolute Gasteiger partial charge is 0.490 e. The van der Waals surface area contributed by atoms with E-state index in [-0.39, 0.29) is 17.9 Å². The highest BCUT2D eigenvalue weighted by Crippen LogP contribution is 2.37. The van der Waals surface area contributed by atoms with Crippen LogP contribution in [0.25, 0.3) is 0 Å². The van der Waals surface area contributed by atoms with Crippen LogP contribution in [-0.4, -0.2) is 67.3 Å². The molecule has 2 heterocycles. The van der Waals surface area contributed by atoms with Gasteiger partial charge in [-0.3, -0.25) is 0 Å². The van der Waals surface area contributed by atoms with Gasteiger partial charge in [-0.2, -0.15) is 0 Å². The lowest BCUT2D eigenvalue weighted by Crippen LogP contribution is -2.46. The van der Waals surface area contributed by atoms with E-state index in [9.17, 15) is 18.3 Å². The van der Waals surface area contributed by atoms with Crippen LogP contribution in [0.3, 0.4) is 0 Å². The highest BCUT2D eigenvalue weighted by molar-refractivity contribution is 7.90. The standard InChI is InChI=1S/C24H33N3O6S/c1-5-18-15-17(10-13-34(4,30)31)6-7-20(18)26-23-22(32-3)21(8-11-25-23)33-19-9-12-27(24(28)29)16(2)14-19/h6-8,11,15-16,19H,5,9-10,12-14H2,1-4H3,(H,25,26)(H,28,29). The molecule has 1 aromatic carbocycles. The molecule has 3 rings (SSSR count). The molecule has 10 heteroatoms. The van der Waals surface area contributed by atoms with E-state index in [1.165, 1.54) is 11.2 Å². The van der Waals surface area contributed by atoms with E-state index >= 15 is 0 Å². The fourth-order valence-corrected chi connectivity index (χ4v) is 4.76. The van der Waals surface area contributed by atoms with Gasteiger partial charge in [0.05, 0.1) is 12.9 Å². The molecule has 2 aromatic rings. The number of aryl methyl sites for hydroxylation is 2. The monoisotopic (exact) mass is 491 g/mol. The fraction of sp³-hybridized carbons (Fsp3) is 0.500. The molecule has 2 unspecified atom stereocenters. The number of rotatable bonds is 9. The average molecular weight is 492 g/mol.